The predicted octanol–water partition coefficient (Wildman–Crippen LogP) is 1.37. The van der Waals surface area contributed by atoms with Crippen LogP contribution in [-0.4, -0.2) is 45.8 Å². The van der Waals surface area contributed by atoms with Crippen molar-refractivity contribution in [3.8, 4) is 0 Å². The fourth-order valence-corrected chi connectivity index (χ4v) is 3.70. The molecule has 0 atom stereocenters. The zero-order chi connectivity index (χ0) is 17.4. The van der Waals surface area contributed by atoms with Gasteiger partial charge in [-0.1, -0.05) is 6.07 Å². The van der Waals surface area contributed by atoms with E-state index < -0.39 is 0 Å². The van der Waals surface area contributed by atoms with Crippen LogP contribution in [-0.2, 0) is 26.4 Å². The van der Waals surface area contributed by atoms with Crippen molar-refractivity contribution in [2.75, 3.05) is 25.0 Å². The number of pyridine rings is 1. The third-order valence-corrected chi connectivity index (χ3v) is 5.57. The summed E-state index contributed by atoms with van der Waals surface area (Å²) < 4.78 is 1.72. The first-order chi connectivity index (χ1) is 12.1. The maximum Gasteiger partial charge on any atom is 0.250 e. The van der Waals surface area contributed by atoms with Gasteiger partial charge in [-0.2, -0.15) is 5.10 Å². The summed E-state index contributed by atoms with van der Waals surface area (Å²) in [5.41, 5.74) is 3.66. The molecule has 0 unspecified atom stereocenters. The molecule has 1 saturated heterocycles. The topological polar surface area (TPSA) is 54.3 Å². The largest absolute Gasteiger partial charge is 0.352 e. The first kappa shape index (κ1) is 16.3. The highest BCUT2D eigenvalue weighted by atomic mass is 16.1. The maximum absolute atomic E-state index is 11.8. The first-order valence-corrected chi connectivity index (χ1v) is 9.07. The summed E-state index contributed by atoms with van der Waals surface area (Å²) in [5.74, 6) is 1.01. The quantitative estimate of drug-likeness (QED) is 0.842. The molecule has 0 N–H and O–H groups in total. The molecule has 2 aliphatic rings. The van der Waals surface area contributed by atoms with Crippen LogP contribution in [0.4, 0.5) is 5.82 Å². The molecule has 0 aromatic carbocycles. The molecule has 25 heavy (non-hydrogen) atoms. The lowest BCUT2D eigenvalue weighted by atomic mass is 9.96. The van der Waals surface area contributed by atoms with E-state index in [1.807, 2.05) is 19.2 Å². The fraction of sp³-hybridized carbons (Fsp3) is 0.526. The number of nitrogens with zero attached hydrogens (tertiary/aromatic N) is 5. The van der Waals surface area contributed by atoms with Crippen LogP contribution in [0, 0.1) is 0 Å². The van der Waals surface area contributed by atoms with Crippen molar-refractivity contribution in [2.24, 2.45) is 7.05 Å². The van der Waals surface area contributed by atoms with Gasteiger partial charge in [0, 0.05) is 44.5 Å². The molecule has 0 spiro atoms. The second-order valence-corrected chi connectivity index (χ2v) is 7.27. The van der Waals surface area contributed by atoms with Crippen LogP contribution in [0.25, 0.3) is 0 Å². The standard InChI is InChI=1S/C19H25N5O/c1-22(11-15-7-5-9-19(25)23(15)2)16-12-24(13-16)18-10-14-6-3-4-8-17(14)20-21-18/h5,7,9-10,16H,3-4,6,8,11-13H2,1-2H3. The van der Waals surface area contributed by atoms with Crippen LogP contribution >= 0.6 is 0 Å². The van der Waals surface area contributed by atoms with Crippen LogP contribution in [0.5, 0.6) is 0 Å². The maximum atomic E-state index is 11.8. The Morgan fingerprint density at radius 1 is 1.20 bits per heavy atom. The summed E-state index contributed by atoms with van der Waals surface area (Å²) in [7, 11) is 3.96. The molecule has 0 saturated carbocycles. The van der Waals surface area contributed by atoms with Crippen molar-refractivity contribution < 1.29 is 0 Å². The van der Waals surface area contributed by atoms with Crippen LogP contribution < -0.4 is 10.5 Å². The Balaban J connectivity index is 1.38. The SMILES string of the molecule is CN(Cc1cccc(=O)n1C)C1CN(c2cc3c(nn2)CCCC3)C1. The van der Waals surface area contributed by atoms with Crippen LogP contribution in [0.15, 0.2) is 29.1 Å². The van der Waals surface area contributed by atoms with Gasteiger partial charge in [0.25, 0.3) is 0 Å². The molecule has 6 heteroatoms. The summed E-state index contributed by atoms with van der Waals surface area (Å²) in [5, 5.41) is 8.87. The van der Waals surface area contributed by atoms with E-state index >= 15 is 0 Å². The summed E-state index contributed by atoms with van der Waals surface area (Å²) in [4.78, 5) is 16.4. The number of aromatic nitrogens is 3. The van der Waals surface area contributed by atoms with E-state index in [0.29, 0.717) is 6.04 Å². The minimum atomic E-state index is 0.0467. The molecular weight excluding hydrogens is 314 g/mol. The van der Waals surface area contributed by atoms with Gasteiger partial charge in [-0.05, 0) is 50.4 Å². The second kappa shape index (κ2) is 6.59. The summed E-state index contributed by atoms with van der Waals surface area (Å²) >= 11 is 0. The molecular formula is C19H25N5O. The van der Waals surface area contributed by atoms with Gasteiger partial charge < -0.3 is 9.47 Å². The Kier molecular flexibility index (Phi) is 4.29. The zero-order valence-corrected chi connectivity index (χ0v) is 15.0. The molecule has 1 aliphatic heterocycles. The summed E-state index contributed by atoms with van der Waals surface area (Å²) in [6.45, 7) is 2.70. The van der Waals surface area contributed by atoms with Crippen molar-refractivity contribution in [2.45, 2.75) is 38.3 Å². The lowest BCUT2D eigenvalue weighted by molar-refractivity contribution is 0.192. The normalized spacial score (nSPS) is 17.5. The van der Waals surface area contributed by atoms with E-state index in [9.17, 15) is 4.79 Å². The lowest BCUT2D eigenvalue weighted by Gasteiger charge is -2.44. The van der Waals surface area contributed by atoms with Crippen molar-refractivity contribution in [1.29, 1.82) is 0 Å². The van der Waals surface area contributed by atoms with E-state index in [4.69, 9.17) is 0 Å². The number of fused-ring (bicyclic) bond motifs is 1. The van der Waals surface area contributed by atoms with Gasteiger partial charge in [-0.3, -0.25) is 9.69 Å². The molecule has 0 amide bonds. The zero-order valence-electron chi connectivity index (χ0n) is 15.0. The number of rotatable bonds is 4. The van der Waals surface area contributed by atoms with Gasteiger partial charge in [-0.25, -0.2) is 0 Å². The van der Waals surface area contributed by atoms with Gasteiger partial charge in [0.2, 0.25) is 5.56 Å². The molecule has 132 valence electrons. The third-order valence-electron chi connectivity index (χ3n) is 5.57. The van der Waals surface area contributed by atoms with E-state index in [1.165, 1.54) is 24.1 Å². The fourth-order valence-electron chi connectivity index (χ4n) is 3.70. The molecule has 1 aliphatic carbocycles. The number of hydrogen-bond donors (Lipinski definition) is 0. The predicted molar refractivity (Wildman–Crippen MR) is 97.8 cm³/mol. The number of likely N-dealkylation sites (N-methyl/N-ethyl adjacent to an activating group) is 1. The van der Waals surface area contributed by atoms with Crippen LogP contribution in [0.2, 0.25) is 0 Å². The lowest BCUT2D eigenvalue weighted by Crippen LogP contribution is -2.58. The van der Waals surface area contributed by atoms with Crippen LogP contribution in [0.1, 0.15) is 29.8 Å². The Hall–Kier alpha value is -2.21. The van der Waals surface area contributed by atoms with Gasteiger partial charge in [0.1, 0.15) is 0 Å². The molecule has 2 aromatic rings. The highest BCUT2D eigenvalue weighted by Crippen LogP contribution is 2.26. The van der Waals surface area contributed by atoms with Gasteiger partial charge in [-0.15, -0.1) is 5.10 Å². The Labute approximate surface area is 148 Å². The number of anilines is 1. The second-order valence-electron chi connectivity index (χ2n) is 7.27. The van der Waals surface area contributed by atoms with E-state index in [2.05, 4.69) is 33.1 Å². The van der Waals surface area contributed by atoms with Gasteiger partial charge in [0.15, 0.2) is 5.82 Å². The molecule has 6 nitrogen and oxygen atoms in total. The van der Waals surface area contributed by atoms with E-state index in [-0.39, 0.29) is 5.56 Å². The minimum absolute atomic E-state index is 0.0467. The molecule has 4 rings (SSSR count). The monoisotopic (exact) mass is 339 g/mol. The number of aryl methyl sites for hydroxylation is 2. The highest BCUT2D eigenvalue weighted by Gasteiger charge is 2.31. The summed E-state index contributed by atoms with van der Waals surface area (Å²) in [6, 6.07) is 8.17. The average Bonchev–Trinajstić information content (AvgIpc) is 2.57. The van der Waals surface area contributed by atoms with E-state index in [1.54, 1.807) is 10.6 Å². The van der Waals surface area contributed by atoms with Crippen LogP contribution in [0.3, 0.4) is 0 Å². The average molecular weight is 339 g/mol. The van der Waals surface area contributed by atoms with Crippen molar-refractivity contribution in [3.63, 3.8) is 0 Å². The number of hydrogen-bond acceptors (Lipinski definition) is 5. The Bertz CT molecular complexity index is 825. The highest BCUT2D eigenvalue weighted by molar-refractivity contribution is 5.45. The third kappa shape index (κ3) is 3.18. The van der Waals surface area contributed by atoms with Gasteiger partial charge in [0.05, 0.1) is 5.69 Å². The van der Waals surface area contributed by atoms with Crippen molar-refractivity contribution in [1.82, 2.24) is 19.7 Å². The minimum Gasteiger partial charge on any atom is -0.352 e. The molecule has 2 aromatic heterocycles. The van der Waals surface area contributed by atoms with Crippen molar-refractivity contribution >= 4 is 5.82 Å². The Morgan fingerprint density at radius 3 is 2.84 bits per heavy atom. The summed E-state index contributed by atoms with van der Waals surface area (Å²) in [6.07, 6.45) is 4.71. The smallest absolute Gasteiger partial charge is 0.250 e. The van der Waals surface area contributed by atoms with Gasteiger partial charge >= 0.3 is 0 Å². The molecule has 0 radical (unpaired) electrons. The first-order valence-electron chi connectivity index (χ1n) is 9.07. The molecule has 1 fully saturated rings. The Morgan fingerprint density at radius 2 is 2.00 bits per heavy atom. The molecule has 0 bridgehead atoms. The molecule has 3 heterocycles. The van der Waals surface area contributed by atoms with Crippen molar-refractivity contribution in [3.05, 3.63) is 51.6 Å². The van der Waals surface area contributed by atoms with E-state index in [0.717, 1.165) is 44.0 Å².